The molecule has 3 saturated heterocycles. The van der Waals surface area contributed by atoms with E-state index in [1.54, 1.807) is 36.4 Å². The van der Waals surface area contributed by atoms with Crippen molar-refractivity contribution < 1.29 is 38.2 Å². The number of likely N-dealkylation sites (tertiary alicyclic amines) is 2. The molecule has 0 aliphatic carbocycles. The van der Waals surface area contributed by atoms with E-state index in [0.717, 1.165) is 108 Å². The summed E-state index contributed by atoms with van der Waals surface area (Å²) in [6.07, 6.45) is 10.1. The van der Waals surface area contributed by atoms with Gasteiger partial charge in [-0.25, -0.2) is 5.43 Å². The Morgan fingerprint density at radius 1 is 0.973 bits per heavy atom. The normalized spacial score (nSPS) is 17.8. The summed E-state index contributed by atoms with van der Waals surface area (Å²) < 4.78 is 18.9. The number of aldehydes is 1. The number of nitrogens with zero attached hydrogens (tertiary/aromatic N) is 6. The number of rotatable bonds is 21. The number of ether oxygens (including phenoxy) is 3. The lowest BCUT2D eigenvalue weighted by Gasteiger charge is -2.37. The number of amides is 3. The predicted octanol–water partition coefficient (Wildman–Crippen LogP) is 6.89. The molecule has 0 saturated carbocycles. The zero-order chi connectivity index (χ0) is 53.7. The summed E-state index contributed by atoms with van der Waals surface area (Å²) >= 11 is 0. The zero-order valence-electron chi connectivity index (χ0n) is 45.8. The third-order valence-electron chi connectivity index (χ3n) is 14.4. The van der Waals surface area contributed by atoms with Crippen LogP contribution in [0.4, 0.5) is 0 Å². The molecular weight excluding hydrogens is 937 g/mol. The van der Waals surface area contributed by atoms with E-state index in [-0.39, 0.29) is 59.7 Å². The van der Waals surface area contributed by atoms with Gasteiger partial charge in [-0.05, 0) is 106 Å². The van der Waals surface area contributed by atoms with Gasteiger partial charge >= 0.3 is 5.97 Å². The predicted molar refractivity (Wildman–Crippen MR) is 290 cm³/mol. The Kier molecular flexibility index (Phi) is 20.7. The number of methoxy groups -OCH3 is 2. The fourth-order valence-corrected chi connectivity index (χ4v) is 10.4. The van der Waals surface area contributed by atoms with Gasteiger partial charge in [-0.15, -0.1) is 0 Å². The Morgan fingerprint density at radius 3 is 2.36 bits per heavy atom. The van der Waals surface area contributed by atoms with Gasteiger partial charge in [0.25, 0.3) is 5.91 Å². The number of carbonyl (C=O) groups is 5. The number of aromatic nitrogens is 2. The minimum atomic E-state index is -0.734. The van der Waals surface area contributed by atoms with Crippen molar-refractivity contribution in [3.63, 3.8) is 0 Å². The molecule has 4 aromatic rings. The van der Waals surface area contributed by atoms with Crippen LogP contribution >= 0.6 is 0 Å². The average Bonchev–Trinajstić information content (AvgIpc) is 3.98. The minimum absolute atomic E-state index is 0.0168. The number of fused-ring (bicyclic) bond motifs is 1. The Labute approximate surface area is 439 Å². The van der Waals surface area contributed by atoms with E-state index < -0.39 is 6.04 Å². The highest BCUT2D eigenvalue weighted by Gasteiger charge is 2.33. The summed E-state index contributed by atoms with van der Waals surface area (Å²) in [7, 11) is 7.21. The van der Waals surface area contributed by atoms with Crippen LogP contribution in [0.2, 0.25) is 0 Å². The fourth-order valence-electron chi connectivity index (χ4n) is 10.4. The molecule has 3 aliphatic heterocycles. The van der Waals surface area contributed by atoms with Crippen LogP contribution in [0.5, 0.6) is 0 Å². The van der Waals surface area contributed by atoms with Gasteiger partial charge in [0.15, 0.2) is 0 Å². The van der Waals surface area contributed by atoms with Crippen LogP contribution in [0.15, 0.2) is 72.9 Å². The first-order valence-electron chi connectivity index (χ1n) is 26.4. The maximum atomic E-state index is 14.0. The number of hydrogen-bond acceptors (Lipinski definition) is 12. The molecule has 402 valence electrons. The number of benzene rings is 2. The van der Waals surface area contributed by atoms with E-state index in [9.17, 15) is 24.0 Å². The summed E-state index contributed by atoms with van der Waals surface area (Å²) in [5.74, 6) is -0.464. The summed E-state index contributed by atoms with van der Waals surface area (Å²) in [6, 6.07) is 17.8. The van der Waals surface area contributed by atoms with Crippen molar-refractivity contribution in [3.05, 3.63) is 89.8 Å². The minimum Gasteiger partial charge on any atom is -0.465 e. The maximum absolute atomic E-state index is 14.0. The molecule has 16 nitrogen and oxygen atoms in total. The van der Waals surface area contributed by atoms with Gasteiger partial charge in [0, 0.05) is 120 Å². The lowest BCUT2D eigenvalue weighted by atomic mass is 9.84. The van der Waals surface area contributed by atoms with Crippen LogP contribution in [0.1, 0.15) is 90.7 Å². The number of pyridine rings is 1. The molecule has 3 unspecified atom stereocenters. The van der Waals surface area contributed by atoms with Gasteiger partial charge in [0.1, 0.15) is 12.3 Å². The second-order valence-electron chi connectivity index (χ2n) is 21.4. The van der Waals surface area contributed by atoms with Crippen molar-refractivity contribution in [2.75, 3.05) is 80.7 Å². The third kappa shape index (κ3) is 14.7. The number of hydrogen-bond donors (Lipinski definition) is 2. The molecule has 3 fully saturated rings. The molecule has 3 aliphatic rings. The van der Waals surface area contributed by atoms with E-state index in [4.69, 9.17) is 19.2 Å². The highest BCUT2D eigenvalue weighted by atomic mass is 16.5. The second kappa shape index (κ2) is 26.6. The highest BCUT2D eigenvalue weighted by Crippen LogP contribution is 2.42. The molecule has 2 aromatic heterocycles. The number of carbonyl (C=O) groups excluding carboxylic acids is 5. The summed E-state index contributed by atoms with van der Waals surface area (Å²) in [4.78, 5) is 72.6. The lowest BCUT2D eigenvalue weighted by molar-refractivity contribution is -0.144. The van der Waals surface area contributed by atoms with Gasteiger partial charge in [-0.3, -0.25) is 39.0 Å². The number of likely N-dealkylation sites (N-methyl/N-ethyl adjacent to an activating group) is 1. The standard InChI is InChI=1S/C45H62N6O5.C13H20N2O3/c1-11-50-39-20-19-34(26-36(39)37(27-45(6,7)28-56-31(5)52)42(50)35-18-15-21-46-40(35)30(4)55-10)33-17-14-16-32(24-33)25-38(44(54)51-23-13-12-22-47-51)48-43(53)41(29(2)3)49(8)9;1-18-12-8-14(9-12)5-2-3-13(17)15-6-4-11(7-15)10-16/h14-21,24,26,29-30,38,41,47H,11-13,22-23,25,27-28H2,1-10H3,(H,48,53);2-3,10-12H,4-9H2,1H3/b;3-2+/t;11-/m.0/s1. The van der Waals surface area contributed by atoms with Crippen molar-refractivity contribution in [2.45, 2.75) is 111 Å². The van der Waals surface area contributed by atoms with E-state index in [0.29, 0.717) is 38.6 Å². The van der Waals surface area contributed by atoms with Crippen LogP contribution in [-0.4, -0.2) is 158 Å². The molecule has 74 heavy (non-hydrogen) atoms. The SMILES string of the molecule is CCn1c(-c2cccnc2C(C)OC)c(CC(C)(C)COC(C)=O)c2cc(-c3cccc(CC(NC(=O)C(C(C)C)N(C)C)C(=O)N4CCCCN4)c3)ccc21.COC1CN(C/C=C/C(=O)N2CC[C@H](C=O)C2)C1. The van der Waals surface area contributed by atoms with Crippen LogP contribution in [0.25, 0.3) is 33.3 Å². The van der Waals surface area contributed by atoms with Gasteiger partial charge in [-0.1, -0.05) is 64.1 Å². The molecule has 0 bridgehead atoms. The van der Waals surface area contributed by atoms with E-state index in [1.807, 2.05) is 64.0 Å². The molecule has 4 atom stereocenters. The topological polar surface area (TPSA) is 168 Å². The van der Waals surface area contributed by atoms with E-state index in [1.165, 1.54) is 6.92 Å². The van der Waals surface area contributed by atoms with E-state index >= 15 is 0 Å². The van der Waals surface area contributed by atoms with Crippen molar-refractivity contribution >= 4 is 40.9 Å². The molecular formula is C58H82N8O8. The van der Waals surface area contributed by atoms with Crippen molar-refractivity contribution in [1.29, 1.82) is 0 Å². The monoisotopic (exact) mass is 1020 g/mol. The highest BCUT2D eigenvalue weighted by molar-refractivity contribution is 5.95. The largest absolute Gasteiger partial charge is 0.465 e. The second-order valence-corrected chi connectivity index (χ2v) is 21.4. The van der Waals surface area contributed by atoms with Gasteiger partial charge in [-0.2, -0.15) is 0 Å². The maximum Gasteiger partial charge on any atom is 0.302 e. The molecule has 7 rings (SSSR count). The van der Waals surface area contributed by atoms with Crippen molar-refractivity contribution in [2.24, 2.45) is 17.3 Å². The van der Waals surface area contributed by atoms with E-state index in [2.05, 4.69) is 77.4 Å². The molecule has 16 heteroatoms. The number of nitrogens with one attached hydrogen (secondary N) is 2. The van der Waals surface area contributed by atoms with Crippen molar-refractivity contribution in [3.8, 4) is 22.4 Å². The Balaban J connectivity index is 0.000000414. The first-order valence-corrected chi connectivity index (χ1v) is 26.4. The molecule has 3 amide bonds. The first-order chi connectivity index (χ1) is 35.4. The van der Waals surface area contributed by atoms with Gasteiger partial charge in [0.05, 0.1) is 36.2 Å². The fraction of sp³-hybridized carbons (Fsp3) is 0.552. The average molecular weight is 1020 g/mol. The zero-order valence-corrected chi connectivity index (χ0v) is 45.8. The summed E-state index contributed by atoms with van der Waals surface area (Å²) in [6.45, 7) is 20.2. The number of aryl methyl sites for hydroxylation is 1. The molecule has 0 spiro atoms. The smallest absolute Gasteiger partial charge is 0.302 e. The van der Waals surface area contributed by atoms with Crippen LogP contribution in [0.3, 0.4) is 0 Å². The van der Waals surface area contributed by atoms with Crippen LogP contribution < -0.4 is 10.7 Å². The van der Waals surface area contributed by atoms with Gasteiger partial charge < -0.3 is 33.8 Å². The molecule has 2 N–H and O–H groups in total. The van der Waals surface area contributed by atoms with Gasteiger partial charge in [0.2, 0.25) is 11.8 Å². The Bertz CT molecular complexity index is 2570. The Morgan fingerprint density at radius 2 is 1.73 bits per heavy atom. The first kappa shape index (κ1) is 57.5. The number of esters is 1. The van der Waals surface area contributed by atoms with Crippen LogP contribution in [0, 0.1) is 17.3 Å². The Hall–Kier alpha value is -5.78. The number of hydrazine groups is 1. The van der Waals surface area contributed by atoms with Crippen LogP contribution in [-0.2, 0) is 57.6 Å². The lowest BCUT2D eigenvalue weighted by Crippen LogP contribution is -2.58. The van der Waals surface area contributed by atoms with Crippen molar-refractivity contribution in [1.82, 2.24) is 40.0 Å². The summed E-state index contributed by atoms with van der Waals surface area (Å²) in [5.41, 5.74) is 11.1. The quantitative estimate of drug-likeness (QED) is 0.0505. The summed E-state index contributed by atoms with van der Waals surface area (Å²) in [5, 5.41) is 5.93. The molecule has 5 heterocycles. The molecule has 0 radical (unpaired) electrons. The third-order valence-corrected chi connectivity index (χ3v) is 14.4. The molecule has 2 aromatic carbocycles.